The summed E-state index contributed by atoms with van der Waals surface area (Å²) < 4.78 is 5.01. The van der Waals surface area contributed by atoms with Crippen LogP contribution in [0.3, 0.4) is 0 Å². The van der Waals surface area contributed by atoms with Crippen LogP contribution in [0.25, 0.3) is 0 Å². The average molecular weight is 287 g/mol. The third-order valence-corrected chi connectivity index (χ3v) is 3.46. The lowest BCUT2D eigenvalue weighted by Gasteiger charge is -2.06. The summed E-state index contributed by atoms with van der Waals surface area (Å²) >= 11 is 6.42. The quantitative estimate of drug-likeness (QED) is 0.333. The SMILES string of the molecule is CCCc1cc(C(=O)OCC)c(NC(=S)NN)s1. The largest absolute Gasteiger partial charge is 0.462 e. The summed E-state index contributed by atoms with van der Waals surface area (Å²) in [6.07, 6.45) is 1.93. The second kappa shape index (κ2) is 7.30. The van der Waals surface area contributed by atoms with E-state index in [1.54, 1.807) is 6.92 Å². The first kappa shape index (κ1) is 14.9. The van der Waals surface area contributed by atoms with Gasteiger partial charge in [0.2, 0.25) is 0 Å². The van der Waals surface area contributed by atoms with Crippen LogP contribution < -0.4 is 16.6 Å². The number of anilines is 1. The molecule has 0 atom stereocenters. The van der Waals surface area contributed by atoms with E-state index < -0.39 is 0 Å². The van der Waals surface area contributed by atoms with Crippen LogP contribution in [0.1, 0.15) is 35.5 Å². The molecule has 0 spiro atoms. The predicted molar refractivity (Wildman–Crippen MR) is 77.8 cm³/mol. The average Bonchev–Trinajstić information content (AvgIpc) is 2.72. The second-order valence-corrected chi connectivity index (χ2v) is 5.07. The molecule has 100 valence electrons. The molecule has 18 heavy (non-hydrogen) atoms. The summed E-state index contributed by atoms with van der Waals surface area (Å²) in [7, 11) is 0. The van der Waals surface area contributed by atoms with Crippen LogP contribution in [0.15, 0.2) is 6.07 Å². The number of hydrazine groups is 1. The van der Waals surface area contributed by atoms with Crippen molar-refractivity contribution in [3.63, 3.8) is 0 Å². The highest BCUT2D eigenvalue weighted by molar-refractivity contribution is 7.80. The van der Waals surface area contributed by atoms with Crippen molar-refractivity contribution in [2.75, 3.05) is 11.9 Å². The minimum Gasteiger partial charge on any atom is -0.462 e. The molecule has 0 aliphatic heterocycles. The zero-order valence-electron chi connectivity index (χ0n) is 10.4. The van der Waals surface area contributed by atoms with Crippen molar-refractivity contribution in [3.05, 3.63) is 16.5 Å². The third kappa shape index (κ3) is 3.94. The Balaban J connectivity index is 2.96. The normalized spacial score (nSPS) is 9.94. The van der Waals surface area contributed by atoms with E-state index in [0.29, 0.717) is 17.2 Å². The van der Waals surface area contributed by atoms with Gasteiger partial charge in [-0.15, -0.1) is 11.3 Å². The minimum atomic E-state index is -0.349. The van der Waals surface area contributed by atoms with E-state index >= 15 is 0 Å². The fourth-order valence-electron chi connectivity index (χ4n) is 1.40. The summed E-state index contributed by atoms with van der Waals surface area (Å²) in [5.41, 5.74) is 2.83. The Morgan fingerprint density at radius 2 is 2.28 bits per heavy atom. The topological polar surface area (TPSA) is 76.4 Å². The Bertz CT molecular complexity index is 432. The van der Waals surface area contributed by atoms with E-state index in [2.05, 4.69) is 17.7 Å². The maximum atomic E-state index is 11.8. The Kier molecular flexibility index (Phi) is 6.03. The van der Waals surface area contributed by atoms with Crippen LogP contribution in [-0.2, 0) is 11.2 Å². The highest BCUT2D eigenvalue weighted by Gasteiger charge is 2.17. The molecule has 7 heteroatoms. The molecule has 0 radical (unpaired) electrons. The maximum absolute atomic E-state index is 11.8. The standard InChI is InChI=1S/C11H17N3O2S2/c1-3-5-7-6-8(10(15)16-4-2)9(18-7)13-11(17)14-12/h6H,3-5,12H2,1-2H3,(H2,13,14,17). The Hall–Kier alpha value is -1.18. The summed E-state index contributed by atoms with van der Waals surface area (Å²) in [5, 5.41) is 3.83. The molecule has 1 aromatic heterocycles. The van der Waals surface area contributed by atoms with E-state index in [4.69, 9.17) is 22.8 Å². The van der Waals surface area contributed by atoms with Crippen LogP contribution in [0.2, 0.25) is 0 Å². The molecule has 0 bridgehead atoms. The molecule has 0 amide bonds. The van der Waals surface area contributed by atoms with Gasteiger partial charge in [-0.2, -0.15) is 0 Å². The number of hydrogen-bond donors (Lipinski definition) is 3. The van der Waals surface area contributed by atoms with Gasteiger partial charge in [0, 0.05) is 4.88 Å². The maximum Gasteiger partial charge on any atom is 0.341 e. The number of nitrogens with one attached hydrogen (secondary N) is 2. The number of hydrogen-bond acceptors (Lipinski definition) is 5. The van der Waals surface area contributed by atoms with E-state index in [0.717, 1.165) is 17.7 Å². The zero-order chi connectivity index (χ0) is 13.5. The highest BCUT2D eigenvalue weighted by Crippen LogP contribution is 2.29. The van der Waals surface area contributed by atoms with Crippen LogP contribution in [0.4, 0.5) is 5.00 Å². The number of carbonyl (C=O) groups excluding carboxylic acids is 1. The summed E-state index contributed by atoms with van der Waals surface area (Å²) in [6, 6.07) is 1.84. The van der Waals surface area contributed by atoms with E-state index in [-0.39, 0.29) is 11.1 Å². The van der Waals surface area contributed by atoms with E-state index in [9.17, 15) is 4.79 Å². The van der Waals surface area contributed by atoms with E-state index in [1.807, 2.05) is 6.07 Å². The van der Waals surface area contributed by atoms with Gasteiger partial charge in [0.25, 0.3) is 0 Å². The third-order valence-electron chi connectivity index (χ3n) is 2.13. The molecule has 5 nitrogen and oxygen atoms in total. The Morgan fingerprint density at radius 3 is 2.83 bits per heavy atom. The Morgan fingerprint density at radius 1 is 1.56 bits per heavy atom. The van der Waals surface area contributed by atoms with Crippen LogP contribution >= 0.6 is 23.6 Å². The number of carbonyl (C=O) groups is 1. The molecule has 0 aliphatic carbocycles. The number of ether oxygens (including phenoxy) is 1. The van der Waals surface area contributed by atoms with Gasteiger partial charge >= 0.3 is 5.97 Å². The fourth-order valence-corrected chi connectivity index (χ4v) is 2.72. The van der Waals surface area contributed by atoms with Gasteiger partial charge in [-0.3, -0.25) is 0 Å². The van der Waals surface area contributed by atoms with Crippen LogP contribution in [0.5, 0.6) is 0 Å². The first-order chi connectivity index (χ1) is 8.62. The number of nitrogens with two attached hydrogens (primary N) is 1. The lowest BCUT2D eigenvalue weighted by Crippen LogP contribution is -2.34. The molecule has 0 saturated heterocycles. The zero-order valence-corrected chi connectivity index (χ0v) is 12.0. The molecule has 1 heterocycles. The van der Waals surface area contributed by atoms with Crippen molar-refractivity contribution in [2.24, 2.45) is 5.84 Å². The molecule has 4 N–H and O–H groups in total. The number of thiophene rings is 1. The second-order valence-electron chi connectivity index (χ2n) is 3.52. The molecule has 0 aromatic carbocycles. The fraction of sp³-hybridized carbons (Fsp3) is 0.455. The van der Waals surface area contributed by atoms with Crippen molar-refractivity contribution < 1.29 is 9.53 Å². The molecular formula is C11H17N3O2S2. The summed E-state index contributed by atoms with van der Waals surface area (Å²) in [5.74, 6) is 4.86. The first-order valence-electron chi connectivity index (χ1n) is 5.69. The summed E-state index contributed by atoms with van der Waals surface area (Å²) in [4.78, 5) is 12.9. The van der Waals surface area contributed by atoms with Gasteiger partial charge in [-0.1, -0.05) is 13.3 Å². The smallest absolute Gasteiger partial charge is 0.341 e. The number of esters is 1. The lowest BCUT2D eigenvalue weighted by molar-refractivity contribution is 0.0528. The van der Waals surface area contributed by atoms with Crippen LogP contribution in [-0.4, -0.2) is 17.7 Å². The van der Waals surface area contributed by atoms with Gasteiger partial charge in [0.15, 0.2) is 5.11 Å². The highest BCUT2D eigenvalue weighted by atomic mass is 32.1. The van der Waals surface area contributed by atoms with Crippen molar-refractivity contribution >= 4 is 39.6 Å². The minimum absolute atomic E-state index is 0.269. The Labute approximate surface area is 116 Å². The predicted octanol–water partition coefficient (Wildman–Crippen LogP) is 2.04. The first-order valence-corrected chi connectivity index (χ1v) is 6.92. The van der Waals surface area contributed by atoms with Crippen molar-refractivity contribution in [1.29, 1.82) is 0 Å². The van der Waals surface area contributed by atoms with Crippen molar-refractivity contribution in [3.8, 4) is 0 Å². The van der Waals surface area contributed by atoms with Crippen molar-refractivity contribution in [1.82, 2.24) is 5.43 Å². The molecule has 0 aliphatic rings. The van der Waals surface area contributed by atoms with Crippen molar-refractivity contribution in [2.45, 2.75) is 26.7 Å². The van der Waals surface area contributed by atoms with Gasteiger partial charge in [-0.25, -0.2) is 10.6 Å². The molecule has 1 aromatic rings. The molecule has 0 saturated carbocycles. The van der Waals surface area contributed by atoms with Gasteiger partial charge in [0.1, 0.15) is 5.00 Å². The number of thiocarbonyl (C=S) groups is 1. The molecular weight excluding hydrogens is 270 g/mol. The molecule has 1 rings (SSSR count). The lowest BCUT2D eigenvalue weighted by atomic mass is 10.2. The number of rotatable bonds is 5. The van der Waals surface area contributed by atoms with E-state index in [1.165, 1.54) is 11.3 Å². The van der Waals surface area contributed by atoms with Gasteiger partial charge < -0.3 is 15.5 Å². The van der Waals surface area contributed by atoms with Gasteiger partial charge in [0.05, 0.1) is 12.2 Å². The molecule has 0 fully saturated rings. The summed E-state index contributed by atoms with van der Waals surface area (Å²) in [6.45, 7) is 4.20. The number of aryl methyl sites for hydroxylation is 1. The molecule has 0 unspecified atom stereocenters. The van der Waals surface area contributed by atoms with Crippen LogP contribution in [0, 0.1) is 0 Å². The monoisotopic (exact) mass is 287 g/mol. The van der Waals surface area contributed by atoms with Gasteiger partial charge in [-0.05, 0) is 31.6 Å².